The van der Waals surface area contributed by atoms with Crippen molar-refractivity contribution in [2.45, 2.75) is 45.1 Å². The summed E-state index contributed by atoms with van der Waals surface area (Å²) in [6.45, 7) is 2.16. The molecule has 0 spiro atoms. The molecule has 0 saturated heterocycles. The van der Waals surface area contributed by atoms with Crippen LogP contribution in [0.2, 0.25) is 0 Å². The first kappa shape index (κ1) is 13.0. The molecule has 0 aromatic rings. The van der Waals surface area contributed by atoms with Gasteiger partial charge in [-0.25, -0.2) is 8.42 Å². The molecule has 15 heavy (non-hydrogen) atoms. The van der Waals surface area contributed by atoms with E-state index < -0.39 is 9.84 Å². The van der Waals surface area contributed by atoms with E-state index in [9.17, 15) is 13.5 Å². The molecule has 1 aliphatic rings. The number of rotatable bonds is 4. The van der Waals surface area contributed by atoms with Crippen LogP contribution in [0.25, 0.3) is 0 Å². The van der Waals surface area contributed by atoms with Crippen molar-refractivity contribution in [2.24, 2.45) is 11.8 Å². The van der Waals surface area contributed by atoms with Crippen LogP contribution in [0.1, 0.15) is 39.0 Å². The quantitative estimate of drug-likeness (QED) is 0.804. The minimum atomic E-state index is -2.88. The molecule has 0 aromatic heterocycles. The van der Waals surface area contributed by atoms with E-state index in [1.807, 2.05) is 0 Å². The van der Waals surface area contributed by atoms with Crippen molar-refractivity contribution < 1.29 is 13.5 Å². The van der Waals surface area contributed by atoms with E-state index >= 15 is 0 Å². The third kappa shape index (κ3) is 4.51. The Bertz CT molecular complexity index is 284. The summed E-state index contributed by atoms with van der Waals surface area (Å²) in [5, 5.41) is 9.78. The lowest BCUT2D eigenvalue weighted by atomic mass is 9.77. The van der Waals surface area contributed by atoms with Gasteiger partial charge in [0.2, 0.25) is 0 Å². The van der Waals surface area contributed by atoms with Crippen molar-refractivity contribution in [2.75, 3.05) is 12.0 Å². The van der Waals surface area contributed by atoms with Crippen LogP contribution in [0.4, 0.5) is 0 Å². The van der Waals surface area contributed by atoms with Gasteiger partial charge < -0.3 is 5.11 Å². The van der Waals surface area contributed by atoms with Gasteiger partial charge in [0.15, 0.2) is 0 Å². The van der Waals surface area contributed by atoms with Gasteiger partial charge in [0.25, 0.3) is 0 Å². The monoisotopic (exact) mass is 234 g/mol. The Labute approximate surface area is 92.8 Å². The number of sulfone groups is 1. The lowest BCUT2D eigenvalue weighted by Gasteiger charge is -2.32. The molecule has 0 heterocycles. The third-order valence-electron chi connectivity index (χ3n) is 3.49. The van der Waals surface area contributed by atoms with Crippen LogP contribution >= 0.6 is 0 Å². The predicted octanol–water partition coefficient (Wildman–Crippen LogP) is 1.61. The molecule has 0 amide bonds. The first-order valence-corrected chi connectivity index (χ1v) is 7.84. The second-order valence-electron chi connectivity index (χ2n) is 4.83. The van der Waals surface area contributed by atoms with Gasteiger partial charge in [-0.1, -0.05) is 13.3 Å². The Balaban J connectivity index is 2.44. The topological polar surface area (TPSA) is 54.4 Å². The summed E-state index contributed by atoms with van der Waals surface area (Å²) in [6.07, 6.45) is 5.67. The average molecular weight is 234 g/mol. The summed E-state index contributed by atoms with van der Waals surface area (Å²) < 4.78 is 22.1. The summed E-state index contributed by atoms with van der Waals surface area (Å²) in [7, 11) is -2.88. The van der Waals surface area contributed by atoms with Gasteiger partial charge in [-0.05, 0) is 37.5 Å². The van der Waals surface area contributed by atoms with E-state index in [0.717, 1.165) is 25.7 Å². The smallest absolute Gasteiger partial charge is 0.147 e. The highest BCUT2D eigenvalue weighted by Crippen LogP contribution is 2.33. The number of hydrogen-bond donors (Lipinski definition) is 1. The zero-order chi connectivity index (χ0) is 11.5. The molecule has 0 aliphatic heterocycles. The van der Waals surface area contributed by atoms with Gasteiger partial charge in [0.1, 0.15) is 9.84 Å². The summed E-state index contributed by atoms with van der Waals surface area (Å²) in [5.74, 6) is 1.09. The second kappa shape index (κ2) is 5.30. The molecule has 3 atom stereocenters. The summed E-state index contributed by atoms with van der Waals surface area (Å²) in [5.41, 5.74) is 0. The molecule has 0 bridgehead atoms. The first-order chi connectivity index (χ1) is 6.92. The molecular formula is C11H22O3S. The number of aliphatic hydroxyl groups is 1. The van der Waals surface area contributed by atoms with Crippen molar-refractivity contribution in [3.05, 3.63) is 0 Å². The van der Waals surface area contributed by atoms with Crippen molar-refractivity contribution >= 4 is 9.84 Å². The van der Waals surface area contributed by atoms with Gasteiger partial charge in [-0.2, -0.15) is 0 Å². The normalized spacial score (nSPS) is 32.9. The van der Waals surface area contributed by atoms with Gasteiger partial charge in [0, 0.05) is 6.26 Å². The first-order valence-electron chi connectivity index (χ1n) is 5.78. The van der Waals surface area contributed by atoms with Crippen LogP contribution in [-0.4, -0.2) is 31.6 Å². The van der Waals surface area contributed by atoms with Gasteiger partial charge in [-0.15, -0.1) is 0 Å². The van der Waals surface area contributed by atoms with Crippen LogP contribution in [0, 0.1) is 11.8 Å². The van der Waals surface area contributed by atoms with Crippen molar-refractivity contribution in [3.8, 4) is 0 Å². The fourth-order valence-electron chi connectivity index (χ4n) is 2.39. The predicted molar refractivity (Wildman–Crippen MR) is 61.5 cm³/mol. The van der Waals surface area contributed by atoms with Crippen LogP contribution in [-0.2, 0) is 9.84 Å². The zero-order valence-corrected chi connectivity index (χ0v) is 10.5. The minimum Gasteiger partial charge on any atom is -0.393 e. The molecule has 1 saturated carbocycles. The number of hydrogen-bond acceptors (Lipinski definition) is 3. The lowest BCUT2D eigenvalue weighted by Crippen LogP contribution is -2.30. The molecule has 1 aliphatic carbocycles. The fraction of sp³-hybridized carbons (Fsp3) is 1.00. The van der Waals surface area contributed by atoms with Crippen molar-refractivity contribution in [1.82, 2.24) is 0 Å². The van der Waals surface area contributed by atoms with Gasteiger partial charge in [0.05, 0.1) is 11.9 Å². The highest BCUT2D eigenvalue weighted by atomic mass is 32.2. The third-order valence-corrected chi connectivity index (χ3v) is 4.46. The molecule has 90 valence electrons. The SMILES string of the molecule is CCC1CCC(O)C(CCS(C)(=O)=O)C1. The Hall–Kier alpha value is -0.0900. The van der Waals surface area contributed by atoms with E-state index in [0.29, 0.717) is 12.3 Å². The Kier molecular flexibility index (Phi) is 4.59. The molecule has 1 rings (SSSR count). The maximum absolute atomic E-state index is 11.1. The van der Waals surface area contributed by atoms with Crippen molar-refractivity contribution in [1.29, 1.82) is 0 Å². The molecule has 1 fully saturated rings. The average Bonchev–Trinajstić information content (AvgIpc) is 2.15. The fourth-order valence-corrected chi connectivity index (χ4v) is 3.12. The molecule has 4 heteroatoms. The van der Waals surface area contributed by atoms with Gasteiger partial charge in [-0.3, -0.25) is 0 Å². The van der Waals surface area contributed by atoms with Crippen LogP contribution in [0.15, 0.2) is 0 Å². The summed E-state index contributed by atoms with van der Waals surface area (Å²) in [6, 6.07) is 0. The van der Waals surface area contributed by atoms with Crippen LogP contribution in [0.3, 0.4) is 0 Å². The second-order valence-corrected chi connectivity index (χ2v) is 7.09. The van der Waals surface area contributed by atoms with E-state index in [-0.39, 0.29) is 17.8 Å². The van der Waals surface area contributed by atoms with Crippen LogP contribution < -0.4 is 0 Å². The van der Waals surface area contributed by atoms with Crippen LogP contribution in [0.5, 0.6) is 0 Å². The van der Waals surface area contributed by atoms with Gasteiger partial charge >= 0.3 is 0 Å². The molecular weight excluding hydrogens is 212 g/mol. The largest absolute Gasteiger partial charge is 0.393 e. The van der Waals surface area contributed by atoms with E-state index in [2.05, 4.69) is 6.92 Å². The Morgan fingerprint density at radius 1 is 1.33 bits per heavy atom. The minimum absolute atomic E-state index is 0.193. The highest BCUT2D eigenvalue weighted by molar-refractivity contribution is 7.90. The maximum atomic E-state index is 11.1. The Morgan fingerprint density at radius 3 is 2.53 bits per heavy atom. The molecule has 1 N–H and O–H groups in total. The molecule has 3 nitrogen and oxygen atoms in total. The maximum Gasteiger partial charge on any atom is 0.147 e. The summed E-state index contributed by atoms with van der Waals surface area (Å²) >= 11 is 0. The molecule has 3 unspecified atom stereocenters. The standard InChI is InChI=1S/C11H22O3S/c1-3-9-4-5-11(12)10(8-9)6-7-15(2,13)14/h9-12H,3-8H2,1-2H3. The van der Waals surface area contributed by atoms with E-state index in [1.54, 1.807) is 0 Å². The molecule has 0 aromatic carbocycles. The molecule has 0 radical (unpaired) electrons. The van der Waals surface area contributed by atoms with E-state index in [1.165, 1.54) is 6.26 Å². The van der Waals surface area contributed by atoms with Crippen molar-refractivity contribution in [3.63, 3.8) is 0 Å². The zero-order valence-electron chi connectivity index (χ0n) is 9.65. The van der Waals surface area contributed by atoms with E-state index in [4.69, 9.17) is 0 Å². The lowest BCUT2D eigenvalue weighted by molar-refractivity contribution is 0.0459. The Morgan fingerprint density at radius 2 is 2.00 bits per heavy atom. The number of aliphatic hydroxyl groups excluding tert-OH is 1. The highest BCUT2D eigenvalue weighted by Gasteiger charge is 2.28. The summed E-state index contributed by atoms with van der Waals surface area (Å²) in [4.78, 5) is 0.